The lowest BCUT2D eigenvalue weighted by atomic mass is 9.98. The summed E-state index contributed by atoms with van der Waals surface area (Å²) in [5.74, 6) is 0. The first-order chi connectivity index (χ1) is 9.54. The van der Waals surface area contributed by atoms with Gasteiger partial charge in [0.15, 0.2) is 0 Å². The molecule has 1 rings (SSSR count). The molecule has 1 atom stereocenters. The second-order valence-corrected chi connectivity index (χ2v) is 5.84. The summed E-state index contributed by atoms with van der Waals surface area (Å²) < 4.78 is 0. The van der Waals surface area contributed by atoms with Gasteiger partial charge in [-0.3, -0.25) is 0 Å². The third-order valence-electron chi connectivity index (χ3n) is 3.94. The van der Waals surface area contributed by atoms with Crippen LogP contribution in [-0.4, -0.2) is 37.4 Å². The van der Waals surface area contributed by atoms with E-state index in [4.69, 9.17) is 0 Å². The Balaban J connectivity index is 2.53. The highest BCUT2D eigenvalue weighted by Gasteiger charge is 2.22. The van der Waals surface area contributed by atoms with Crippen molar-refractivity contribution < 1.29 is 5.11 Å². The molecule has 0 heterocycles. The molecule has 0 aliphatic carbocycles. The Kier molecular flexibility index (Phi) is 7.03. The molecular formula is C17H30N2O. The standard InChI is InChI=1S/C17H30N2O/c1-5-12-18-17(3,14-20)11-13-19(4)16-9-7-15(6-2)8-10-16/h7-10,18,20H,5-6,11-14H2,1-4H3. The predicted molar refractivity (Wildman–Crippen MR) is 87.5 cm³/mol. The summed E-state index contributed by atoms with van der Waals surface area (Å²) in [5, 5.41) is 13.0. The lowest BCUT2D eigenvalue weighted by Crippen LogP contribution is -2.48. The summed E-state index contributed by atoms with van der Waals surface area (Å²) in [4.78, 5) is 2.25. The average Bonchev–Trinajstić information content (AvgIpc) is 2.50. The smallest absolute Gasteiger partial charge is 0.0611 e. The van der Waals surface area contributed by atoms with Crippen molar-refractivity contribution >= 4 is 5.69 Å². The van der Waals surface area contributed by atoms with Gasteiger partial charge in [0.25, 0.3) is 0 Å². The van der Waals surface area contributed by atoms with Gasteiger partial charge in [-0.25, -0.2) is 0 Å². The van der Waals surface area contributed by atoms with Gasteiger partial charge < -0.3 is 15.3 Å². The molecule has 20 heavy (non-hydrogen) atoms. The lowest BCUT2D eigenvalue weighted by Gasteiger charge is -2.31. The molecule has 0 saturated carbocycles. The first kappa shape index (κ1) is 17.0. The van der Waals surface area contributed by atoms with Crippen LogP contribution < -0.4 is 10.2 Å². The number of aryl methyl sites for hydroxylation is 1. The quantitative estimate of drug-likeness (QED) is 0.729. The van der Waals surface area contributed by atoms with Gasteiger partial charge in [-0.15, -0.1) is 0 Å². The first-order valence-electron chi connectivity index (χ1n) is 7.70. The number of rotatable bonds is 9. The molecule has 0 bridgehead atoms. The molecule has 0 fully saturated rings. The third kappa shape index (κ3) is 5.14. The van der Waals surface area contributed by atoms with Gasteiger partial charge in [-0.05, 0) is 50.4 Å². The maximum absolute atomic E-state index is 9.58. The summed E-state index contributed by atoms with van der Waals surface area (Å²) >= 11 is 0. The minimum atomic E-state index is -0.187. The maximum atomic E-state index is 9.58. The Labute approximate surface area is 124 Å². The van der Waals surface area contributed by atoms with Crippen LogP contribution in [0.2, 0.25) is 0 Å². The molecule has 0 aromatic heterocycles. The van der Waals surface area contributed by atoms with Gasteiger partial charge in [-0.2, -0.15) is 0 Å². The Hall–Kier alpha value is -1.06. The fourth-order valence-corrected chi connectivity index (χ4v) is 2.18. The molecule has 3 nitrogen and oxygen atoms in total. The van der Waals surface area contributed by atoms with Crippen molar-refractivity contribution in [1.82, 2.24) is 5.32 Å². The third-order valence-corrected chi connectivity index (χ3v) is 3.94. The molecular weight excluding hydrogens is 248 g/mol. The average molecular weight is 278 g/mol. The Morgan fingerprint density at radius 3 is 2.35 bits per heavy atom. The zero-order valence-electron chi connectivity index (χ0n) is 13.4. The van der Waals surface area contributed by atoms with Crippen LogP contribution in [0.15, 0.2) is 24.3 Å². The Bertz CT molecular complexity index is 377. The Morgan fingerprint density at radius 1 is 1.20 bits per heavy atom. The zero-order valence-corrected chi connectivity index (χ0v) is 13.4. The van der Waals surface area contributed by atoms with E-state index in [-0.39, 0.29) is 12.1 Å². The number of anilines is 1. The minimum Gasteiger partial charge on any atom is -0.394 e. The molecule has 0 radical (unpaired) electrons. The largest absolute Gasteiger partial charge is 0.394 e. The fourth-order valence-electron chi connectivity index (χ4n) is 2.18. The van der Waals surface area contributed by atoms with E-state index in [0.717, 1.165) is 32.4 Å². The van der Waals surface area contributed by atoms with Gasteiger partial charge in [0.1, 0.15) is 0 Å². The summed E-state index contributed by atoms with van der Waals surface area (Å²) in [6.07, 6.45) is 3.09. The maximum Gasteiger partial charge on any atom is 0.0611 e. The Morgan fingerprint density at radius 2 is 1.85 bits per heavy atom. The van der Waals surface area contributed by atoms with E-state index in [1.807, 2.05) is 0 Å². The SMILES string of the molecule is CCCNC(C)(CO)CCN(C)c1ccc(CC)cc1. The van der Waals surface area contributed by atoms with Crippen LogP contribution in [0.3, 0.4) is 0 Å². The van der Waals surface area contributed by atoms with E-state index >= 15 is 0 Å². The van der Waals surface area contributed by atoms with Gasteiger partial charge in [-0.1, -0.05) is 26.0 Å². The molecule has 1 aromatic rings. The van der Waals surface area contributed by atoms with Gasteiger partial charge in [0.2, 0.25) is 0 Å². The van der Waals surface area contributed by atoms with Crippen LogP contribution >= 0.6 is 0 Å². The highest BCUT2D eigenvalue weighted by Crippen LogP contribution is 2.17. The van der Waals surface area contributed by atoms with E-state index in [0.29, 0.717) is 0 Å². The highest BCUT2D eigenvalue weighted by molar-refractivity contribution is 5.46. The topological polar surface area (TPSA) is 35.5 Å². The second-order valence-electron chi connectivity index (χ2n) is 5.84. The summed E-state index contributed by atoms with van der Waals surface area (Å²) in [6, 6.07) is 8.72. The first-order valence-corrected chi connectivity index (χ1v) is 7.70. The van der Waals surface area contributed by atoms with Crippen LogP contribution in [0.25, 0.3) is 0 Å². The van der Waals surface area contributed by atoms with E-state index in [2.05, 4.69) is 62.3 Å². The van der Waals surface area contributed by atoms with Crippen molar-refractivity contribution in [3.05, 3.63) is 29.8 Å². The number of aliphatic hydroxyl groups is 1. The van der Waals surface area contributed by atoms with Crippen LogP contribution in [-0.2, 0) is 6.42 Å². The molecule has 114 valence electrons. The van der Waals surface area contributed by atoms with Crippen LogP contribution in [0.4, 0.5) is 5.69 Å². The van der Waals surface area contributed by atoms with Crippen molar-refractivity contribution in [2.45, 2.75) is 45.6 Å². The van der Waals surface area contributed by atoms with Crippen molar-refractivity contribution in [2.24, 2.45) is 0 Å². The van der Waals surface area contributed by atoms with Crippen LogP contribution in [0.5, 0.6) is 0 Å². The van der Waals surface area contributed by atoms with Gasteiger partial charge in [0.05, 0.1) is 6.61 Å². The molecule has 2 N–H and O–H groups in total. The second kappa shape index (κ2) is 8.28. The van der Waals surface area contributed by atoms with Crippen molar-refractivity contribution in [2.75, 3.05) is 31.6 Å². The monoisotopic (exact) mass is 278 g/mol. The zero-order chi connectivity index (χ0) is 15.0. The van der Waals surface area contributed by atoms with E-state index in [1.165, 1.54) is 11.3 Å². The molecule has 0 aliphatic heterocycles. The number of hydrogen-bond acceptors (Lipinski definition) is 3. The molecule has 3 heteroatoms. The van der Waals surface area contributed by atoms with Crippen LogP contribution in [0.1, 0.15) is 39.2 Å². The number of aliphatic hydroxyl groups excluding tert-OH is 1. The summed E-state index contributed by atoms with van der Waals surface area (Å²) in [6.45, 7) is 8.47. The number of benzene rings is 1. The van der Waals surface area contributed by atoms with E-state index in [9.17, 15) is 5.11 Å². The van der Waals surface area contributed by atoms with E-state index in [1.54, 1.807) is 0 Å². The molecule has 1 unspecified atom stereocenters. The lowest BCUT2D eigenvalue weighted by molar-refractivity contribution is 0.168. The minimum absolute atomic E-state index is 0.176. The molecule has 0 saturated heterocycles. The van der Waals surface area contributed by atoms with Crippen molar-refractivity contribution in [1.29, 1.82) is 0 Å². The van der Waals surface area contributed by atoms with Crippen LogP contribution in [0, 0.1) is 0 Å². The fraction of sp³-hybridized carbons (Fsp3) is 0.647. The van der Waals surface area contributed by atoms with Crippen molar-refractivity contribution in [3.8, 4) is 0 Å². The molecule has 0 amide bonds. The predicted octanol–water partition coefficient (Wildman–Crippen LogP) is 2.83. The molecule has 0 aliphatic rings. The number of hydrogen-bond donors (Lipinski definition) is 2. The van der Waals surface area contributed by atoms with Crippen molar-refractivity contribution in [3.63, 3.8) is 0 Å². The number of nitrogens with zero attached hydrogens (tertiary/aromatic N) is 1. The van der Waals surface area contributed by atoms with Gasteiger partial charge >= 0.3 is 0 Å². The van der Waals surface area contributed by atoms with E-state index < -0.39 is 0 Å². The normalized spacial score (nSPS) is 14.1. The molecule has 0 spiro atoms. The van der Waals surface area contributed by atoms with Gasteiger partial charge in [0, 0.05) is 24.8 Å². The number of nitrogens with one attached hydrogen (secondary N) is 1. The summed E-state index contributed by atoms with van der Waals surface area (Å²) in [5.41, 5.74) is 2.41. The summed E-state index contributed by atoms with van der Waals surface area (Å²) in [7, 11) is 2.11. The molecule has 1 aromatic carbocycles. The highest BCUT2D eigenvalue weighted by atomic mass is 16.3.